The number of phosphoric ester groups is 1. The van der Waals surface area contributed by atoms with Crippen LogP contribution in [0.5, 0.6) is 0 Å². The van der Waals surface area contributed by atoms with E-state index in [1.807, 2.05) is 4.98 Å². The summed E-state index contributed by atoms with van der Waals surface area (Å²) in [6.45, 7) is -0.683. The molecule has 0 saturated carbocycles. The summed E-state index contributed by atoms with van der Waals surface area (Å²) in [6, 6.07) is 1.02. The molecule has 2 rings (SSSR count). The van der Waals surface area contributed by atoms with Crippen molar-refractivity contribution in [2.24, 2.45) is 0 Å². The maximum atomic E-state index is 11.6. The minimum atomic E-state index is -4.76. The van der Waals surface area contributed by atoms with Crippen LogP contribution in [0.3, 0.4) is 0 Å². The van der Waals surface area contributed by atoms with Gasteiger partial charge in [0.05, 0.1) is 6.61 Å². The van der Waals surface area contributed by atoms with Crippen molar-refractivity contribution < 1.29 is 33.8 Å². The Morgan fingerprint density at radius 3 is 2.29 bits per heavy atom. The third kappa shape index (κ3) is 8.52. The topological polar surface area (TPSA) is 171 Å². The molecule has 15 heteroatoms. The molecule has 0 aromatic carbocycles. The molecule has 0 spiro atoms. The van der Waals surface area contributed by atoms with Crippen molar-refractivity contribution in [1.82, 2.24) is 9.55 Å². The first-order valence-electron chi connectivity index (χ1n) is 5.72. The molecule has 5 N–H and O–H groups in total. The summed E-state index contributed by atoms with van der Waals surface area (Å²) in [4.78, 5) is 41.6. The summed E-state index contributed by atoms with van der Waals surface area (Å²) >= 11 is 0. The Balaban J connectivity index is 0. The Kier molecular flexibility index (Phi) is 16.1. The summed E-state index contributed by atoms with van der Waals surface area (Å²) < 4.78 is 20.8. The number of nitrogens with zero attached hydrogens (tertiary/aromatic N) is 1. The van der Waals surface area contributed by atoms with Crippen molar-refractivity contribution in [3.63, 3.8) is 0 Å². The average Bonchev–Trinajstić information content (AvgIpc) is 2.64. The molecule has 0 aliphatic carbocycles. The monoisotopic (exact) mass is 444 g/mol. The molecule has 0 bridgehead atoms. The second kappa shape index (κ2) is 13.0. The summed E-state index contributed by atoms with van der Waals surface area (Å²) in [5.74, 6) is 0. The van der Waals surface area contributed by atoms with Crippen LogP contribution in [-0.4, -0.2) is 209 Å². The van der Waals surface area contributed by atoms with Gasteiger partial charge in [-0.3, -0.25) is 18.9 Å². The first-order chi connectivity index (χ1) is 9.69. The average molecular weight is 444 g/mol. The number of aliphatic hydroxyl groups excluding tert-OH is 2. The number of aromatic amines is 1. The van der Waals surface area contributed by atoms with Gasteiger partial charge in [0.15, 0.2) is 6.23 Å². The Morgan fingerprint density at radius 1 is 1.21 bits per heavy atom. The molecule has 1 aliphatic rings. The molecular weight excluding hydrogens is 428 g/mol. The van der Waals surface area contributed by atoms with E-state index >= 15 is 0 Å². The zero-order valence-electron chi connectivity index (χ0n) is 10.4. The number of aromatic nitrogens is 2. The normalized spacial score (nSPS) is 26.0. The van der Waals surface area contributed by atoms with Crippen molar-refractivity contribution in [2.75, 3.05) is 6.61 Å². The van der Waals surface area contributed by atoms with Gasteiger partial charge in [-0.1, -0.05) is 0 Å². The van der Waals surface area contributed by atoms with E-state index in [1.54, 1.807) is 0 Å². The zero-order chi connectivity index (χ0) is 15.8. The van der Waals surface area contributed by atoms with Crippen LogP contribution in [-0.2, 0) is 13.8 Å². The second-order valence-corrected chi connectivity index (χ2v) is 5.59. The zero-order valence-corrected chi connectivity index (χ0v) is 11.3. The maximum absolute atomic E-state index is 11.6. The van der Waals surface area contributed by atoms with Gasteiger partial charge in [0, 0.05) is 12.3 Å². The van der Waals surface area contributed by atoms with Gasteiger partial charge in [-0.15, -0.1) is 0 Å². The van der Waals surface area contributed by atoms with E-state index in [2.05, 4.69) is 4.52 Å². The molecule has 24 heavy (non-hydrogen) atoms. The molecule has 1 aliphatic heterocycles. The first kappa shape index (κ1) is 29.8. The summed E-state index contributed by atoms with van der Waals surface area (Å²) in [5.41, 5.74) is -1.51. The number of aliphatic hydroxyl groups is 2. The van der Waals surface area contributed by atoms with Gasteiger partial charge in [-0.25, -0.2) is 9.36 Å². The van der Waals surface area contributed by atoms with Crippen LogP contribution < -0.4 is 11.2 Å². The van der Waals surface area contributed by atoms with Crippen molar-refractivity contribution in [3.05, 3.63) is 33.1 Å². The van der Waals surface area contributed by atoms with Crippen molar-refractivity contribution in [1.29, 1.82) is 0 Å². The van der Waals surface area contributed by atoms with Gasteiger partial charge < -0.3 is 24.7 Å². The molecule has 4 atom stereocenters. The van der Waals surface area contributed by atoms with Gasteiger partial charge >= 0.3 is 168 Å². The van der Waals surface area contributed by atoms with Gasteiger partial charge in [0.25, 0.3) is 5.56 Å². The van der Waals surface area contributed by atoms with E-state index in [-0.39, 0.29) is 154 Å². The molecule has 124 valence electrons. The predicted molar refractivity (Wildman–Crippen MR) is 86.7 cm³/mol. The van der Waals surface area contributed by atoms with E-state index in [9.17, 15) is 24.4 Å². The fourth-order valence-corrected chi connectivity index (χ4v) is 2.24. The molecule has 11 nitrogen and oxygen atoms in total. The number of hydrogen-bond donors (Lipinski definition) is 5. The summed E-state index contributed by atoms with van der Waals surface area (Å²) in [7, 11) is -4.76. The fraction of sp³-hybridized carbons (Fsp3) is 0.556. The quantitative estimate of drug-likeness (QED) is 0.226. The van der Waals surface area contributed by atoms with Gasteiger partial charge in [-0.05, 0) is 0 Å². The van der Waals surface area contributed by atoms with Gasteiger partial charge in [0.2, 0.25) is 0 Å². The predicted octanol–water partition coefficient (Wildman–Crippen LogP) is -4.68. The molecule has 1 saturated heterocycles. The van der Waals surface area contributed by atoms with E-state index in [0.717, 1.165) is 16.8 Å². The van der Waals surface area contributed by atoms with Crippen molar-refractivity contribution in [3.8, 4) is 0 Å². The molecular formula is C9H16K3N2O9P. The van der Waals surface area contributed by atoms with Gasteiger partial charge in [-0.2, -0.15) is 0 Å². The van der Waals surface area contributed by atoms with Crippen LogP contribution in [0.25, 0.3) is 0 Å². The van der Waals surface area contributed by atoms with E-state index in [0.29, 0.717) is 0 Å². The Labute approximate surface area is 263 Å². The Morgan fingerprint density at radius 2 is 1.79 bits per heavy atom. The van der Waals surface area contributed by atoms with Crippen LogP contribution in [0.2, 0.25) is 0 Å². The number of ether oxygens (including phenoxy) is 1. The van der Waals surface area contributed by atoms with Gasteiger partial charge in [0.1, 0.15) is 18.3 Å². The first-order valence-corrected chi connectivity index (χ1v) is 7.25. The molecule has 1 fully saturated rings. The molecule has 2 heterocycles. The standard InChI is InChI=1S/C9H13N2O9P.3K.3H/c12-5-1-2-11(9(15)10-5)8-7(14)6(13)4(20-8)3-19-21(16,17)18;;;;;;/h1-2,4,6-8,13-14H,3H2,(H,10,12,15)(H2,16,17,18);;;;;;/t4-,6-,7-,8-;;;;;;/m1....../s1. The Bertz CT molecular complexity index is 677. The molecule has 0 amide bonds. The van der Waals surface area contributed by atoms with Crippen LogP contribution in [0, 0.1) is 0 Å². The Hall–Kier alpha value is 3.58. The number of hydrogen-bond acceptors (Lipinski definition) is 7. The minimum absolute atomic E-state index is 0. The number of rotatable bonds is 4. The molecule has 1 aromatic heterocycles. The third-order valence-electron chi connectivity index (χ3n) is 2.87. The van der Waals surface area contributed by atoms with Crippen molar-refractivity contribution in [2.45, 2.75) is 24.5 Å². The second-order valence-electron chi connectivity index (χ2n) is 4.35. The summed E-state index contributed by atoms with van der Waals surface area (Å²) in [6.07, 6.45) is -4.58. The SMILES string of the molecule is O=c1ccn([C@@H]2O[C@H](COP(=O)(O)O)[C@@H](O)[C@H]2O)c(=O)[nH]1.[KH].[KH].[KH]. The van der Waals surface area contributed by atoms with Crippen LogP contribution in [0.1, 0.15) is 6.23 Å². The molecule has 0 radical (unpaired) electrons. The van der Waals surface area contributed by atoms with Crippen LogP contribution >= 0.6 is 7.82 Å². The summed E-state index contributed by atoms with van der Waals surface area (Å²) in [5, 5.41) is 19.6. The van der Waals surface area contributed by atoms with E-state index in [1.165, 1.54) is 0 Å². The number of nitrogens with one attached hydrogen (secondary N) is 1. The van der Waals surface area contributed by atoms with Crippen LogP contribution in [0.15, 0.2) is 21.9 Å². The number of H-pyrrole nitrogens is 1. The molecule has 0 unspecified atom stereocenters. The third-order valence-corrected chi connectivity index (χ3v) is 3.35. The molecule has 1 aromatic rings. The number of phosphoric acid groups is 1. The van der Waals surface area contributed by atoms with Crippen LogP contribution in [0.4, 0.5) is 0 Å². The van der Waals surface area contributed by atoms with E-state index in [4.69, 9.17) is 14.5 Å². The van der Waals surface area contributed by atoms with E-state index < -0.39 is 50.2 Å². The van der Waals surface area contributed by atoms with Crippen molar-refractivity contribution >= 4 is 162 Å². The fourth-order valence-electron chi connectivity index (χ4n) is 1.89.